The summed E-state index contributed by atoms with van der Waals surface area (Å²) in [5.41, 5.74) is 1.21. The molecular weight excluding hydrogens is 294 g/mol. The molecule has 2 aromatic rings. The zero-order chi connectivity index (χ0) is 16.7. The van der Waals surface area contributed by atoms with Crippen LogP contribution in [0.1, 0.15) is 34.1 Å². The maximum atomic E-state index is 12.3. The summed E-state index contributed by atoms with van der Waals surface area (Å²) in [4.78, 5) is 28.2. The lowest BCUT2D eigenvalue weighted by atomic mass is 10.1. The molecule has 0 aliphatic carbocycles. The molecule has 2 N–H and O–H groups in total. The Balaban J connectivity index is 2.15. The lowest BCUT2D eigenvalue weighted by Crippen LogP contribution is -2.24. The number of para-hydroxylation sites is 2. The molecule has 2 amide bonds. The predicted molar refractivity (Wildman–Crippen MR) is 87.8 cm³/mol. The molecule has 6 heteroatoms. The lowest BCUT2D eigenvalue weighted by Gasteiger charge is -2.10. The molecule has 120 valence electrons. The summed E-state index contributed by atoms with van der Waals surface area (Å²) in [7, 11) is 1.53. The van der Waals surface area contributed by atoms with Crippen LogP contribution in [0.25, 0.3) is 0 Å². The monoisotopic (exact) mass is 313 g/mol. The van der Waals surface area contributed by atoms with Crippen LogP contribution in [-0.4, -0.2) is 30.5 Å². The second kappa shape index (κ2) is 7.93. The molecule has 0 spiro atoms. The second-order valence-electron chi connectivity index (χ2n) is 4.87. The molecule has 0 bridgehead atoms. The van der Waals surface area contributed by atoms with Gasteiger partial charge in [0.25, 0.3) is 11.8 Å². The van der Waals surface area contributed by atoms with Crippen molar-refractivity contribution in [2.45, 2.75) is 13.3 Å². The van der Waals surface area contributed by atoms with E-state index in [-0.39, 0.29) is 11.8 Å². The first-order chi connectivity index (χ1) is 11.2. The van der Waals surface area contributed by atoms with Gasteiger partial charge in [0.2, 0.25) is 0 Å². The minimum absolute atomic E-state index is 0.244. The summed E-state index contributed by atoms with van der Waals surface area (Å²) in [6.45, 7) is 2.55. The molecule has 0 aliphatic heterocycles. The van der Waals surface area contributed by atoms with Gasteiger partial charge in [0.05, 0.1) is 23.9 Å². The Hall–Kier alpha value is -2.89. The van der Waals surface area contributed by atoms with E-state index in [2.05, 4.69) is 15.6 Å². The molecule has 6 nitrogen and oxygen atoms in total. The van der Waals surface area contributed by atoms with Gasteiger partial charge in [-0.3, -0.25) is 14.6 Å². The fourth-order valence-corrected chi connectivity index (χ4v) is 1.97. The van der Waals surface area contributed by atoms with E-state index in [9.17, 15) is 9.59 Å². The van der Waals surface area contributed by atoms with Crippen molar-refractivity contribution >= 4 is 17.5 Å². The van der Waals surface area contributed by atoms with Crippen molar-refractivity contribution in [2.24, 2.45) is 0 Å². The van der Waals surface area contributed by atoms with Crippen molar-refractivity contribution in [3.05, 3.63) is 53.9 Å². The van der Waals surface area contributed by atoms with Crippen LogP contribution in [0.3, 0.4) is 0 Å². The van der Waals surface area contributed by atoms with Crippen LogP contribution in [0.2, 0.25) is 0 Å². The Morgan fingerprint density at radius 1 is 1.13 bits per heavy atom. The number of benzene rings is 1. The van der Waals surface area contributed by atoms with Crippen molar-refractivity contribution < 1.29 is 14.3 Å². The Morgan fingerprint density at radius 3 is 2.52 bits per heavy atom. The minimum atomic E-state index is -0.354. The topological polar surface area (TPSA) is 80.3 Å². The average molecular weight is 313 g/mol. The Labute approximate surface area is 134 Å². The van der Waals surface area contributed by atoms with E-state index >= 15 is 0 Å². The number of rotatable bonds is 6. The minimum Gasteiger partial charge on any atom is -0.495 e. The third-order valence-corrected chi connectivity index (χ3v) is 3.15. The van der Waals surface area contributed by atoms with Gasteiger partial charge in [-0.25, -0.2) is 0 Å². The first kappa shape index (κ1) is 16.5. The van der Waals surface area contributed by atoms with Crippen LogP contribution >= 0.6 is 0 Å². The van der Waals surface area contributed by atoms with Gasteiger partial charge in [-0.15, -0.1) is 0 Å². The number of nitrogens with one attached hydrogen (secondary N) is 2. The molecule has 2 rings (SSSR count). The molecule has 1 aromatic carbocycles. The number of aromatic nitrogens is 1. The lowest BCUT2D eigenvalue weighted by molar-refractivity contribution is 0.0953. The van der Waals surface area contributed by atoms with Crippen LogP contribution in [-0.2, 0) is 0 Å². The second-order valence-corrected chi connectivity index (χ2v) is 4.87. The van der Waals surface area contributed by atoms with Crippen LogP contribution in [0.15, 0.2) is 42.7 Å². The molecule has 1 heterocycles. The number of carbonyl (C=O) groups excluding carboxylic acids is 2. The zero-order valence-corrected chi connectivity index (χ0v) is 13.1. The number of hydrogen-bond donors (Lipinski definition) is 2. The summed E-state index contributed by atoms with van der Waals surface area (Å²) < 4.78 is 5.19. The van der Waals surface area contributed by atoms with Crippen molar-refractivity contribution in [1.82, 2.24) is 10.3 Å². The number of hydrogen-bond acceptors (Lipinski definition) is 4. The van der Waals surface area contributed by atoms with E-state index in [1.165, 1.54) is 25.6 Å². The van der Waals surface area contributed by atoms with Crippen molar-refractivity contribution in [3.8, 4) is 5.75 Å². The Bertz CT molecular complexity index is 701. The van der Waals surface area contributed by atoms with Crippen molar-refractivity contribution in [1.29, 1.82) is 0 Å². The number of amides is 2. The smallest absolute Gasteiger partial charge is 0.257 e. The molecule has 0 fully saturated rings. The molecule has 0 aliphatic rings. The highest BCUT2D eigenvalue weighted by Crippen LogP contribution is 2.23. The Morgan fingerprint density at radius 2 is 1.83 bits per heavy atom. The quantitative estimate of drug-likeness (QED) is 0.858. The van der Waals surface area contributed by atoms with Gasteiger partial charge < -0.3 is 15.4 Å². The highest BCUT2D eigenvalue weighted by atomic mass is 16.5. The summed E-state index contributed by atoms with van der Waals surface area (Å²) in [6, 6.07) is 8.62. The van der Waals surface area contributed by atoms with Gasteiger partial charge in [0.15, 0.2) is 0 Å². The van der Waals surface area contributed by atoms with Gasteiger partial charge in [-0.05, 0) is 24.6 Å². The molecular formula is C17H19N3O3. The maximum Gasteiger partial charge on any atom is 0.257 e. The highest BCUT2D eigenvalue weighted by Gasteiger charge is 2.12. The van der Waals surface area contributed by atoms with Crippen LogP contribution in [0.4, 0.5) is 5.69 Å². The Kier molecular flexibility index (Phi) is 5.68. The van der Waals surface area contributed by atoms with Gasteiger partial charge in [-0.1, -0.05) is 19.1 Å². The molecule has 0 unspecified atom stereocenters. The third kappa shape index (κ3) is 4.29. The van der Waals surface area contributed by atoms with Gasteiger partial charge in [-0.2, -0.15) is 0 Å². The van der Waals surface area contributed by atoms with E-state index in [1.807, 2.05) is 13.0 Å². The number of nitrogens with zero attached hydrogens (tertiary/aromatic N) is 1. The van der Waals surface area contributed by atoms with Crippen LogP contribution < -0.4 is 15.4 Å². The first-order valence-electron chi connectivity index (χ1n) is 7.33. The summed E-state index contributed by atoms with van der Waals surface area (Å²) in [6.07, 6.45) is 3.69. The van der Waals surface area contributed by atoms with Gasteiger partial charge in [0.1, 0.15) is 5.75 Å². The summed E-state index contributed by atoms with van der Waals surface area (Å²) in [5.74, 6) is -0.0379. The van der Waals surface area contributed by atoms with Crippen molar-refractivity contribution in [2.75, 3.05) is 19.0 Å². The number of pyridine rings is 1. The molecule has 0 saturated carbocycles. The molecule has 0 radical (unpaired) electrons. The van der Waals surface area contributed by atoms with Crippen molar-refractivity contribution in [3.63, 3.8) is 0 Å². The normalized spacial score (nSPS) is 10.0. The SMILES string of the molecule is CCCNC(=O)c1cncc(C(=O)Nc2ccccc2OC)c1. The molecule has 0 saturated heterocycles. The van der Waals surface area contributed by atoms with E-state index in [4.69, 9.17) is 4.74 Å². The molecule has 1 aromatic heterocycles. The van der Waals surface area contributed by atoms with E-state index in [1.54, 1.807) is 18.2 Å². The van der Waals surface area contributed by atoms with Crippen LogP contribution in [0, 0.1) is 0 Å². The summed E-state index contributed by atoms with van der Waals surface area (Å²) >= 11 is 0. The number of carbonyl (C=O) groups is 2. The number of anilines is 1. The maximum absolute atomic E-state index is 12.3. The molecule has 23 heavy (non-hydrogen) atoms. The van der Waals surface area contributed by atoms with Gasteiger partial charge in [0, 0.05) is 18.9 Å². The largest absolute Gasteiger partial charge is 0.495 e. The van der Waals surface area contributed by atoms with E-state index < -0.39 is 0 Å². The third-order valence-electron chi connectivity index (χ3n) is 3.15. The number of ether oxygens (including phenoxy) is 1. The fraction of sp³-hybridized carbons (Fsp3) is 0.235. The first-order valence-corrected chi connectivity index (χ1v) is 7.33. The number of methoxy groups -OCH3 is 1. The average Bonchev–Trinajstić information content (AvgIpc) is 2.60. The van der Waals surface area contributed by atoms with Gasteiger partial charge >= 0.3 is 0 Å². The fourth-order valence-electron chi connectivity index (χ4n) is 1.97. The standard InChI is InChI=1S/C17H19N3O3/c1-3-8-19-16(21)12-9-13(11-18-10-12)17(22)20-14-6-4-5-7-15(14)23-2/h4-7,9-11H,3,8H2,1-2H3,(H,19,21)(H,20,22). The zero-order valence-electron chi connectivity index (χ0n) is 13.1. The van der Waals surface area contributed by atoms with E-state index in [0.717, 1.165) is 6.42 Å². The molecule has 0 atom stereocenters. The van der Waals surface area contributed by atoms with E-state index in [0.29, 0.717) is 29.1 Å². The predicted octanol–water partition coefficient (Wildman–Crippen LogP) is 2.48. The van der Waals surface area contributed by atoms with Crippen LogP contribution in [0.5, 0.6) is 5.75 Å². The highest BCUT2D eigenvalue weighted by molar-refractivity contribution is 6.06. The summed E-state index contributed by atoms with van der Waals surface area (Å²) in [5, 5.41) is 5.50.